The monoisotopic (exact) mass is 156 g/mol. The molecule has 0 spiro atoms. The molecule has 0 aliphatic carbocycles. The van der Waals surface area contributed by atoms with Crippen molar-refractivity contribution >= 4 is 12.1 Å². The molecule has 0 saturated carbocycles. The van der Waals surface area contributed by atoms with E-state index in [1.165, 1.54) is 0 Å². The Morgan fingerprint density at radius 3 is 2.45 bits per heavy atom. The van der Waals surface area contributed by atoms with E-state index in [1.54, 1.807) is 20.8 Å². The molecule has 0 aromatic heterocycles. The summed E-state index contributed by atoms with van der Waals surface area (Å²) < 4.78 is 12.7. The molecule has 2 nitrogen and oxygen atoms in total. The topological polar surface area (TPSA) is 36.2 Å². The highest BCUT2D eigenvalue weighted by Gasteiger charge is 1.92. The molecule has 0 heterocycles. The lowest BCUT2D eigenvalue weighted by Gasteiger charge is -1.91. The van der Waals surface area contributed by atoms with Gasteiger partial charge in [-0.15, -0.1) is 0 Å². The second kappa shape index (κ2) is 4.77. The molecule has 0 amide bonds. The Balaban J connectivity index is 4.15. The molecule has 0 fully saturated rings. The molecule has 0 radical (unpaired) electrons. The lowest BCUT2D eigenvalue weighted by atomic mass is 10.3. The zero-order valence-corrected chi connectivity index (χ0v) is 7.11. The largest absolute Gasteiger partial charge is 0.287 e. The highest BCUT2D eigenvalue weighted by molar-refractivity contribution is 5.91. The molecule has 11 heavy (non-hydrogen) atoms. The van der Waals surface area contributed by atoms with Crippen LogP contribution in [0, 0.1) is 5.41 Å². The van der Waals surface area contributed by atoms with E-state index in [9.17, 15) is 4.39 Å². The summed E-state index contributed by atoms with van der Waals surface area (Å²) in [6.45, 7) is 5.13. The summed E-state index contributed by atoms with van der Waals surface area (Å²) >= 11 is 0. The molecule has 0 aliphatic rings. The van der Waals surface area contributed by atoms with Gasteiger partial charge in [0.2, 0.25) is 0 Å². The summed E-state index contributed by atoms with van der Waals surface area (Å²) in [6.07, 6.45) is 1.62. The Hall–Kier alpha value is -0.990. The predicted molar refractivity (Wildman–Crippen MR) is 46.0 cm³/mol. The van der Waals surface area contributed by atoms with Gasteiger partial charge in [0, 0.05) is 6.42 Å². The molecule has 0 unspecified atom stereocenters. The summed E-state index contributed by atoms with van der Waals surface area (Å²) in [6, 6.07) is 0. The maximum Gasteiger partial charge on any atom is 0.140 e. The summed E-state index contributed by atoms with van der Waals surface area (Å²) in [5, 5.41) is 7.08. The summed E-state index contributed by atoms with van der Waals surface area (Å²) in [7, 11) is 0. The van der Waals surface area contributed by atoms with Crippen LogP contribution in [0.4, 0.5) is 4.39 Å². The first-order chi connectivity index (χ1) is 5.07. The van der Waals surface area contributed by atoms with Crippen LogP contribution in [0.5, 0.6) is 0 Å². The summed E-state index contributed by atoms with van der Waals surface area (Å²) in [5.74, 6) is -0.162. The normalized spacial score (nSPS) is 10.2. The van der Waals surface area contributed by atoms with Crippen LogP contribution in [0.15, 0.2) is 16.4 Å². The van der Waals surface area contributed by atoms with Gasteiger partial charge in [0.05, 0.1) is 6.21 Å². The van der Waals surface area contributed by atoms with E-state index in [0.717, 1.165) is 6.21 Å². The fraction of sp³-hybridized carbons (Fsp3) is 0.500. The van der Waals surface area contributed by atoms with Crippen LogP contribution in [0.1, 0.15) is 27.2 Å². The van der Waals surface area contributed by atoms with Crippen LogP contribution >= 0.6 is 0 Å². The highest BCUT2D eigenvalue weighted by atomic mass is 19.1. The van der Waals surface area contributed by atoms with E-state index < -0.39 is 0 Å². The zero-order valence-electron chi connectivity index (χ0n) is 7.11. The number of aliphatic imine (C=N–C) groups is 1. The number of halogens is 1. The van der Waals surface area contributed by atoms with Crippen molar-refractivity contribution < 1.29 is 4.39 Å². The number of amidine groups is 1. The Bertz CT molecular complexity index is 200. The second-order valence-electron chi connectivity index (χ2n) is 2.41. The minimum Gasteiger partial charge on any atom is -0.287 e. The third kappa shape index (κ3) is 4.42. The average molecular weight is 156 g/mol. The molecule has 1 N–H and O–H groups in total. The standard InChI is InChI=1S/C8H13FN2/c1-4-8(10)11-5-7(9)6(2)3/h5,10H,4H2,1-3H3/b10-8?,11-5-. The Labute approximate surface area is 66.4 Å². The van der Waals surface area contributed by atoms with Crippen LogP contribution in [-0.4, -0.2) is 12.1 Å². The van der Waals surface area contributed by atoms with E-state index >= 15 is 0 Å². The molecule has 0 aliphatic heterocycles. The maximum atomic E-state index is 12.7. The smallest absolute Gasteiger partial charge is 0.140 e. The first-order valence-corrected chi connectivity index (χ1v) is 3.52. The second-order valence-corrected chi connectivity index (χ2v) is 2.41. The number of nitrogens with one attached hydrogen (secondary N) is 1. The fourth-order valence-electron chi connectivity index (χ4n) is 0.355. The first kappa shape index (κ1) is 10.0. The van der Waals surface area contributed by atoms with Gasteiger partial charge in [-0.1, -0.05) is 6.92 Å². The minimum atomic E-state index is -0.358. The van der Waals surface area contributed by atoms with Gasteiger partial charge in [-0.3, -0.25) is 5.41 Å². The number of nitrogens with zero attached hydrogens (tertiary/aromatic N) is 1. The SMILES string of the molecule is CCC(=N)/N=C\C(F)=C(C)C. The molecule has 3 heteroatoms. The third-order valence-corrected chi connectivity index (χ3v) is 1.15. The van der Waals surface area contributed by atoms with Gasteiger partial charge in [-0.05, 0) is 19.4 Å². The van der Waals surface area contributed by atoms with Crippen molar-refractivity contribution in [2.24, 2.45) is 4.99 Å². The number of hydrogen-bond acceptors (Lipinski definition) is 1. The lowest BCUT2D eigenvalue weighted by Crippen LogP contribution is -1.89. The van der Waals surface area contributed by atoms with Crippen molar-refractivity contribution in [2.45, 2.75) is 27.2 Å². The minimum absolute atomic E-state index is 0.196. The van der Waals surface area contributed by atoms with Gasteiger partial charge in [-0.25, -0.2) is 9.38 Å². The number of rotatable bonds is 2. The van der Waals surface area contributed by atoms with Crippen molar-refractivity contribution in [3.63, 3.8) is 0 Å². The van der Waals surface area contributed by atoms with Crippen molar-refractivity contribution in [3.05, 3.63) is 11.4 Å². The first-order valence-electron chi connectivity index (χ1n) is 3.52. The van der Waals surface area contributed by atoms with Crippen molar-refractivity contribution in [3.8, 4) is 0 Å². The van der Waals surface area contributed by atoms with Gasteiger partial charge >= 0.3 is 0 Å². The molecule has 0 rings (SSSR count). The highest BCUT2D eigenvalue weighted by Crippen LogP contribution is 2.00. The third-order valence-electron chi connectivity index (χ3n) is 1.15. The van der Waals surface area contributed by atoms with E-state index in [1.807, 2.05) is 0 Å². The quantitative estimate of drug-likeness (QED) is 0.471. The average Bonchev–Trinajstić information content (AvgIpc) is 1.99. The number of hydrogen-bond donors (Lipinski definition) is 1. The van der Waals surface area contributed by atoms with Crippen molar-refractivity contribution in [1.29, 1.82) is 5.41 Å². The molecule has 0 aromatic carbocycles. The maximum absolute atomic E-state index is 12.7. The summed E-state index contributed by atoms with van der Waals surface area (Å²) in [5.41, 5.74) is 0.581. The predicted octanol–water partition coefficient (Wildman–Crippen LogP) is 2.71. The van der Waals surface area contributed by atoms with Gasteiger partial charge in [0.25, 0.3) is 0 Å². The van der Waals surface area contributed by atoms with Crippen molar-refractivity contribution in [1.82, 2.24) is 0 Å². The lowest BCUT2D eigenvalue weighted by molar-refractivity contribution is 0.674. The van der Waals surface area contributed by atoms with Gasteiger partial charge in [-0.2, -0.15) is 0 Å². The molecule has 0 atom stereocenters. The Morgan fingerprint density at radius 1 is 1.55 bits per heavy atom. The molecule has 62 valence electrons. The van der Waals surface area contributed by atoms with Crippen LogP contribution in [0.3, 0.4) is 0 Å². The molecular formula is C8H13FN2. The van der Waals surface area contributed by atoms with E-state index in [2.05, 4.69) is 4.99 Å². The summed E-state index contributed by atoms with van der Waals surface area (Å²) in [4.78, 5) is 3.59. The van der Waals surface area contributed by atoms with Gasteiger partial charge in [0.15, 0.2) is 0 Å². The van der Waals surface area contributed by atoms with E-state index in [0.29, 0.717) is 12.0 Å². The fourth-order valence-corrected chi connectivity index (χ4v) is 0.355. The van der Waals surface area contributed by atoms with Crippen molar-refractivity contribution in [2.75, 3.05) is 0 Å². The van der Waals surface area contributed by atoms with Crippen LogP contribution in [0.2, 0.25) is 0 Å². The Morgan fingerprint density at radius 2 is 2.09 bits per heavy atom. The molecule has 0 saturated heterocycles. The van der Waals surface area contributed by atoms with Crippen LogP contribution in [0.25, 0.3) is 0 Å². The Kier molecular flexibility index (Phi) is 4.34. The number of allylic oxidation sites excluding steroid dienone is 2. The van der Waals surface area contributed by atoms with Crippen LogP contribution < -0.4 is 0 Å². The van der Waals surface area contributed by atoms with Gasteiger partial charge in [0.1, 0.15) is 11.7 Å². The van der Waals surface area contributed by atoms with E-state index in [4.69, 9.17) is 5.41 Å². The molecule has 0 bridgehead atoms. The zero-order chi connectivity index (χ0) is 8.85. The van der Waals surface area contributed by atoms with Crippen LogP contribution in [-0.2, 0) is 0 Å². The van der Waals surface area contributed by atoms with Gasteiger partial charge < -0.3 is 0 Å². The van der Waals surface area contributed by atoms with E-state index in [-0.39, 0.29) is 11.7 Å². The molecule has 0 aromatic rings. The molecular weight excluding hydrogens is 143 g/mol.